The lowest BCUT2D eigenvalue weighted by Gasteiger charge is -2.35. The van der Waals surface area contributed by atoms with Gasteiger partial charge in [-0.05, 0) is 29.8 Å². The Kier molecular flexibility index (Phi) is 4.72. The van der Waals surface area contributed by atoms with Gasteiger partial charge in [0, 0.05) is 37.4 Å². The summed E-state index contributed by atoms with van der Waals surface area (Å²) >= 11 is 0. The van der Waals surface area contributed by atoms with Crippen LogP contribution in [0.2, 0.25) is 0 Å². The summed E-state index contributed by atoms with van der Waals surface area (Å²) in [5.41, 5.74) is 2.35. The molecule has 154 valence electrons. The number of carbonyl (C=O) groups is 2. The number of ether oxygens (including phenoxy) is 1. The summed E-state index contributed by atoms with van der Waals surface area (Å²) in [6.07, 6.45) is 5.59. The Morgan fingerprint density at radius 2 is 1.97 bits per heavy atom. The number of aromatic nitrogens is 1. The summed E-state index contributed by atoms with van der Waals surface area (Å²) < 4.78 is 19.1. The van der Waals surface area contributed by atoms with Gasteiger partial charge < -0.3 is 4.74 Å². The van der Waals surface area contributed by atoms with Crippen LogP contribution in [0.3, 0.4) is 0 Å². The highest BCUT2D eigenvalue weighted by atomic mass is 19.1. The Morgan fingerprint density at radius 3 is 2.73 bits per heavy atom. The molecule has 0 aliphatic carbocycles. The molecule has 6 nitrogen and oxygen atoms in total. The first-order valence-corrected chi connectivity index (χ1v) is 10.1. The minimum atomic E-state index is -0.378. The number of likely N-dealkylation sites (tertiary alicyclic amines) is 1. The van der Waals surface area contributed by atoms with Gasteiger partial charge in [-0.2, -0.15) is 0 Å². The van der Waals surface area contributed by atoms with Crippen molar-refractivity contribution in [3.05, 3.63) is 60.2 Å². The first-order valence-electron chi connectivity index (χ1n) is 10.1. The minimum absolute atomic E-state index is 0.0666. The van der Waals surface area contributed by atoms with Crippen molar-refractivity contribution in [1.82, 2.24) is 14.8 Å². The van der Waals surface area contributed by atoms with E-state index in [1.54, 1.807) is 19.3 Å². The Balaban J connectivity index is 1.40. The van der Waals surface area contributed by atoms with Gasteiger partial charge in [0.2, 0.25) is 11.8 Å². The zero-order valence-corrected chi connectivity index (χ0v) is 16.6. The third kappa shape index (κ3) is 3.05. The van der Waals surface area contributed by atoms with Crippen LogP contribution in [0.5, 0.6) is 0 Å². The molecule has 1 aromatic carbocycles. The van der Waals surface area contributed by atoms with E-state index in [0.29, 0.717) is 19.8 Å². The molecule has 0 N–H and O–H groups in total. The highest BCUT2D eigenvalue weighted by Crippen LogP contribution is 2.43. The third-order valence-corrected chi connectivity index (χ3v) is 6.40. The molecule has 4 unspecified atom stereocenters. The second-order valence-electron chi connectivity index (χ2n) is 8.00. The molecule has 2 aromatic rings. The van der Waals surface area contributed by atoms with E-state index in [-0.39, 0.29) is 41.6 Å². The molecule has 0 saturated carbocycles. The van der Waals surface area contributed by atoms with E-state index in [9.17, 15) is 14.0 Å². The number of hydrogen-bond donors (Lipinski definition) is 0. The van der Waals surface area contributed by atoms with Gasteiger partial charge in [0.15, 0.2) is 0 Å². The summed E-state index contributed by atoms with van der Waals surface area (Å²) in [7, 11) is 1.56. The second-order valence-corrected chi connectivity index (χ2v) is 8.00. The lowest BCUT2D eigenvalue weighted by atomic mass is 9.89. The van der Waals surface area contributed by atoms with Crippen LogP contribution in [-0.2, 0) is 14.3 Å². The number of morpholine rings is 1. The number of halogens is 1. The summed E-state index contributed by atoms with van der Waals surface area (Å²) in [5.74, 6) is -1.24. The van der Waals surface area contributed by atoms with Crippen molar-refractivity contribution in [3.63, 3.8) is 0 Å². The van der Waals surface area contributed by atoms with Gasteiger partial charge in [0.25, 0.3) is 0 Å². The van der Waals surface area contributed by atoms with Gasteiger partial charge in [-0.1, -0.05) is 24.3 Å². The van der Waals surface area contributed by atoms with Crippen LogP contribution in [0.15, 0.2) is 48.7 Å². The van der Waals surface area contributed by atoms with Crippen molar-refractivity contribution < 1.29 is 18.7 Å². The average molecular weight is 407 g/mol. The topological polar surface area (TPSA) is 62.7 Å². The number of amides is 2. The quantitative estimate of drug-likeness (QED) is 0.730. The molecular formula is C23H22FN3O3. The van der Waals surface area contributed by atoms with Gasteiger partial charge in [-0.15, -0.1) is 0 Å². The molecule has 3 fully saturated rings. The molecule has 2 amide bonds. The molecule has 30 heavy (non-hydrogen) atoms. The van der Waals surface area contributed by atoms with Crippen molar-refractivity contribution in [1.29, 1.82) is 0 Å². The summed E-state index contributed by atoms with van der Waals surface area (Å²) in [6, 6.07) is 9.94. The van der Waals surface area contributed by atoms with Crippen LogP contribution in [0.1, 0.15) is 5.69 Å². The number of hydrogen-bond acceptors (Lipinski definition) is 5. The molecule has 0 bridgehead atoms. The fourth-order valence-electron chi connectivity index (χ4n) is 4.92. The van der Waals surface area contributed by atoms with E-state index in [2.05, 4.69) is 9.88 Å². The normalized spacial score (nSPS) is 28.9. The van der Waals surface area contributed by atoms with Crippen molar-refractivity contribution in [2.45, 2.75) is 12.1 Å². The molecule has 3 aliphatic heterocycles. The molecule has 7 heteroatoms. The molecule has 4 atom stereocenters. The van der Waals surface area contributed by atoms with Crippen molar-refractivity contribution in [2.24, 2.45) is 11.8 Å². The first kappa shape index (κ1) is 19.1. The van der Waals surface area contributed by atoms with Crippen LogP contribution < -0.4 is 0 Å². The van der Waals surface area contributed by atoms with Crippen LogP contribution in [0.25, 0.3) is 17.2 Å². The van der Waals surface area contributed by atoms with E-state index < -0.39 is 0 Å². The van der Waals surface area contributed by atoms with E-state index in [1.165, 1.54) is 17.0 Å². The molecule has 3 saturated heterocycles. The summed E-state index contributed by atoms with van der Waals surface area (Å²) in [4.78, 5) is 33.3. The molecule has 3 aliphatic rings. The van der Waals surface area contributed by atoms with Gasteiger partial charge in [-0.25, -0.2) is 4.39 Å². The third-order valence-electron chi connectivity index (χ3n) is 6.40. The van der Waals surface area contributed by atoms with Crippen LogP contribution in [0, 0.1) is 17.7 Å². The first-order chi connectivity index (χ1) is 14.5. The van der Waals surface area contributed by atoms with Gasteiger partial charge in [0.05, 0.1) is 30.7 Å². The van der Waals surface area contributed by atoms with Gasteiger partial charge >= 0.3 is 0 Å². The maximum absolute atomic E-state index is 13.5. The highest BCUT2D eigenvalue weighted by Gasteiger charge is 2.60. The number of pyridine rings is 1. The maximum atomic E-state index is 13.5. The highest BCUT2D eigenvalue weighted by molar-refractivity contribution is 6.06. The second kappa shape index (κ2) is 7.41. The van der Waals surface area contributed by atoms with E-state index >= 15 is 0 Å². The number of rotatable bonds is 3. The van der Waals surface area contributed by atoms with E-state index in [1.807, 2.05) is 30.4 Å². The lowest BCUT2D eigenvalue weighted by Crippen LogP contribution is -2.49. The maximum Gasteiger partial charge on any atom is 0.234 e. The monoisotopic (exact) mass is 407 g/mol. The fourth-order valence-corrected chi connectivity index (χ4v) is 4.92. The van der Waals surface area contributed by atoms with Crippen LogP contribution >= 0.6 is 0 Å². The molecule has 4 heterocycles. The number of fused-ring (bicyclic) bond motifs is 3. The molecule has 1 aromatic heterocycles. The predicted octanol–water partition coefficient (Wildman–Crippen LogP) is 2.21. The molecule has 5 rings (SSSR count). The summed E-state index contributed by atoms with van der Waals surface area (Å²) in [6.45, 7) is 1.76. The lowest BCUT2D eigenvalue weighted by molar-refractivity contribution is -0.140. The fraction of sp³-hybridized carbons (Fsp3) is 0.348. The number of carbonyl (C=O) groups excluding carboxylic acids is 2. The van der Waals surface area contributed by atoms with Crippen LogP contribution in [-0.4, -0.2) is 65.5 Å². The zero-order chi connectivity index (χ0) is 20.8. The van der Waals surface area contributed by atoms with E-state index in [4.69, 9.17) is 4.74 Å². The summed E-state index contributed by atoms with van der Waals surface area (Å²) in [5, 5.41) is 0. The number of benzene rings is 1. The van der Waals surface area contributed by atoms with Crippen LogP contribution in [0.4, 0.5) is 4.39 Å². The SMILES string of the molecule is CN1C(=O)C2C(C1=O)C1COCCN1C2C=Cc1ccc(-c2cccc(F)c2)cn1. The van der Waals surface area contributed by atoms with Gasteiger partial charge in [0.1, 0.15) is 5.82 Å². The van der Waals surface area contributed by atoms with Crippen molar-refractivity contribution >= 4 is 17.9 Å². The molecule has 0 spiro atoms. The van der Waals surface area contributed by atoms with Crippen molar-refractivity contribution in [3.8, 4) is 11.1 Å². The number of nitrogens with zero attached hydrogens (tertiary/aromatic N) is 3. The Hall–Kier alpha value is -2.90. The molecular weight excluding hydrogens is 385 g/mol. The van der Waals surface area contributed by atoms with Gasteiger partial charge in [-0.3, -0.25) is 24.4 Å². The minimum Gasteiger partial charge on any atom is -0.378 e. The predicted molar refractivity (Wildman–Crippen MR) is 109 cm³/mol. The molecule has 0 radical (unpaired) electrons. The Morgan fingerprint density at radius 1 is 1.13 bits per heavy atom. The standard InChI is InChI=1S/C23H22FN3O3/c1-26-22(28)20-18(27-9-10-30-13-19(27)21(20)23(26)29)8-7-17-6-5-15(12-25-17)14-3-2-4-16(24)11-14/h2-8,11-12,18-21H,9-10,13H2,1H3. The Bertz CT molecular complexity index is 1020. The average Bonchev–Trinajstić information content (AvgIpc) is 3.21. The number of imide groups is 1. The van der Waals surface area contributed by atoms with Crippen molar-refractivity contribution in [2.75, 3.05) is 26.8 Å². The Labute approximate surface area is 174 Å². The zero-order valence-electron chi connectivity index (χ0n) is 16.6. The largest absolute Gasteiger partial charge is 0.378 e. The smallest absolute Gasteiger partial charge is 0.234 e. The van der Waals surface area contributed by atoms with E-state index in [0.717, 1.165) is 16.8 Å².